The Balaban J connectivity index is 2.47. The van der Waals surface area contributed by atoms with E-state index in [-0.39, 0.29) is 17.3 Å². The number of hydrogen-bond donors (Lipinski definition) is 1. The summed E-state index contributed by atoms with van der Waals surface area (Å²) in [5, 5.41) is 3.74. The van der Waals surface area contributed by atoms with Gasteiger partial charge in [-0.05, 0) is 25.0 Å². The summed E-state index contributed by atoms with van der Waals surface area (Å²) in [7, 11) is 0. The zero-order chi connectivity index (χ0) is 14.0. The molecule has 2 aromatic rings. The second kappa shape index (κ2) is 5.05. The van der Waals surface area contributed by atoms with E-state index >= 15 is 0 Å². The van der Waals surface area contributed by atoms with Gasteiger partial charge in [0.1, 0.15) is 17.2 Å². The number of nitrogens with two attached hydrogens (primary N) is 1. The van der Waals surface area contributed by atoms with Gasteiger partial charge in [-0.15, -0.1) is 0 Å². The van der Waals surface area contributed by atoms with Gasteiger partial charge in [0.05, 0.1) is 5.54 Å². The van der Waals surface area contributed by atoms with E-state index in [0.717, 1.165) is 12.1 Å². The number of benzene rings is 1. The van der Waals surface area contributed by atoms with Crippen LogP contribution in [0.25, 0.3) is 11.5 Å². The van der Waals surface area contributed by atoms with Crippen LogP contribution in [-0.2, 0) is 5.54 Å². The Labute approximate surface area is 109 Å². The maximum Gasteiger partial charge on any atom is 0.263 e. The molecule has 0 spiro atoms. The summed E-state index contributed by atoms with van der Waals surface area (Å²) >= 11 is 0. The van der Waals surface area contributed by atoms with E-state index in [1.807, 2.05) is 13.8 Å². The molecule has 0 aliphatic carbocycles. The van der Waals surface area contributed by atoms with Crippen LogP contribution in [0.2, 0.25) is 0 Å². The second-order valence-corrected chi connectivity index (χ2v) is 4.38. The first-order valence-electron chi connectivity index (χ1n) is 6.09. The molecule has 0 amide bonds. The highest BCUT2D eigenvalue weighted by Gasteiger charge is 2.30. The van der Waals surface area contributed by atoms with Gasteiger partial charge in [-0.2, -0.15) is 4.98 Å². The molecule has 0 bridgehead atoms. The van der Waals surface area contributed by atoms with Gasteiger partial charge < -0.3 is 10.3 Å². The summed E-state index contributed by atoms with van der Waals surface area (Å²) in [6, 6.07) is 3.55. The molecule has 1 aromatic carbocycles. The lowest BCUT2D eigenvalue weighted by Gasteiger charge is -2.21. The average molecular weight is 267 g/mol. The highest BCUT2D eigenvalue weighted by Crippen LogP contribution is 2.28. The van der Waals surface area contributed by atoms with Crippen LogP contribution < -0.4 is 5.73 Å². The van der Waals surface area contributed by atoms with Crippen molar-refractivity contribution in [2.45, 2.75) is 32.2 Å². The molecule has 6 heteroatoms. The molecule has 0 fully saturated rings. The van der Waals surface area contributed by atoms with Crippen molar-refractivity contribution in [1.29, 1.82) is 0 Å². The normalized spacial score (nSPS) is 11.8. The van der Waals surface area contributed by atoms with E-state index in [4.69, 9.17) is 10.3 Å². The third-order valence-electron chi connectivity index (χ3n) is 3.31. The van der Waals surface area contributed by atoms with Gasteiger partial charge in [-0.3, -0.25) is 0 Å². The van der Waals surface area contributed by atoms with Crippen molar-refractivity contribution in [3.8, 4) is 11.5 Å². The average Bonchev–Trinajstić information content (AvgIpc) is 2.87. The Morgan fingerprint density at radius 2 is 1.79 bits per heavy atom. The van der Waals surface area contributed by atoms with Gasteiger partial charge in [0.2, 0.25) is 0 Å². The number of hydrogen-bond acceptors (Lipinski definition) is 4. The van der Waals surface area contributed by atoms with E-state index in [1.165, 1.54) is 6.07 Å². The second-order valence-electron chi connectivity index (χ2n) is 4.38. The summed E-state index contributed by atoms with van der Waals surface area (Å²) in [6.45, 7) is 3.78. The van der Waals surface area contributed by atoms with Gasteiger partial charge in [-0.25, -0.2) is 8.78 Å². The van der Waals surface area contributed by atoms with E-state index < -0.39 is 17.2 Å². The van der Waals surface area contributed by atoms with Crippen LogP contribution in [0, 0.1) is 11.6 Å². The third kappa shape index (κ3) is 2.35. The fourth-order valence-corrected chi connectivity index (χ4v) is 1.80. The zero-order valence-electron chi connectivity index (χ0n) is 10.8. The topological polar surface area (TPSA) is 64.9 Å². The van der Waals surface area contributed by atoms with E-state index in [9.17, 15) is 8.78 Å². The van der Waals surface area contributed by atoms with Crippen molar-refractivity contribution in [1.82, 2.24) is 10.1 Å². The Morgan fingerprint density at radius 3 is 2.32 bits per heavy atom. The molecule has 102 valence electrons. The van der Waals surface area contributed by atoms with Crippen LogP contribution >= 0.6 is 0 Å². The summed E-state index contributed by atoms with van der Waals surface area (Å²) in [5.41, 5.74) is 5.04. The SMILES string of the molecule is CCC(N)(CC)c1noc(-c2c(F)cccc2F)n1. The minimum atomic E-state index is -0.747. The molecule has 0 radical (unpaired) electrons. The van der Waals surface area contributed by atoms with Gasteiger partial charge in [0, 0.05) is 0 Å². The summed E-state index contributed by atoms with van der Waals surface area (Å²) in [4.78, 5) is 4.03. The molecular weight excluding hydrogens is 252 g/mol. The van der Waals surface area contributed by atoms with Crippen LogP contribution in [0.1, 0.15) is 32.5 Å². The van der Waals surface area contributed by atoms with Crippen LogP contribution in [-0.4, -0.2) is 10.1 Å². The molecule has 0 aliphatic rings. The minimum absolute atomic E-state index is 0.192. The molecule has 0 saturated carbocycles. The maximum absolute atomic E-state index is 13.6. The van der Waals surface area contributed by atoms with Gasteiger partial charge in [-0.1, -0.05) is 25.1 Å². The maximum atomic E-state index is 13.6. The highest BCUT2D eigenvalue weighted by molar-refractivity contribution is 5.54. The lowest BCUT2D eigenvalue weighted by molar-refractivity contribution is 0.349. The van der Waals surface area contributed by atoms with E-state index in [0.29, 0.717) is 12.8 Å². The first kappa shape index (κ1) is 13.6. The number of rotatable bonds is 4. The summed E-state index contributed by atoms with van der Waals surface area (Å²) < 4.78 is 32.2. The number of aromatic nitrogens is 2. The van der Waals surface area contributed by atoms with Crippen LogP contribution in [0.4, 0.5) is 8.78 Å². The smallest absolute Gasteiger partial charge is 0.263 e. The Kier molecular flexibility index (Phi) is 3.61. The largest absolute Gasteiger partial charge is 0.334 e. The van der Waals surface area contributed by atoms with Crippen molar-refractivity contribution in [3.05, 3.63) is 35.7 Å². The predicted octanol–water partition coefficient (Wildman–Crippen LogP) is 2.99. The van der Waals surface area contributed by atoms with Crippen LogP contribution in [0.5, 0.6) is 0 Å². The van der Waals surface area contributed by atoms with Gasteiger partial charge >= 0.3 is 0 Å². The van der Waals surface area contributed by atoms with Crippen molar-refractivity contribution < 1.29 is 13.3 Å². The fraction of sp³-hybridized carbons (Fsp3) is 0.385. The lowest BCUT2D eigenvalue weighted by atomic mass is 9.93. The Morgan fingerprint density at radius 1 is 1.21 bits per heavy atom. The first-order valence-corrected chi connectivity index (χ1v) is 6.09. The van der Waals surface area contributed by atoms with Gasteiger partial charge in [0.15, 0.2) is 5.82 Å². The Bertz CT molecular complexity index is 559. The molecule has 2 rings (SSSR count). The fourth-order valence-electron chi connectivity index (χ4n) is 1.80. The quantitative estimate of drug-likeness (QED) is 0.924. The summed E-state index contributed by atoms with van der Waals surface area (Å²) in [5.74, 6) is -1.42. The molecule has 4 nitrogen and oxygen atoms in total. The molecule has 0 atom stereocenters. The van der Waals surface area contributed by atoms with E-state index in [2.05, 4.69) is 10.1 Å². The molecule has 0 aliphatic heterocycles. The molecule has 1 aromatic heterocycles. The van der Waals surface area contributed by atoms with Crippen molar-refractivity contribution in [2.75, 3.05) is 0 Å². The molecular formula is C13H15F2N3O. The van der Waals surface area contributed by atoms with Gasteiger partial charge in [0.25, 0.3) is 5.89 Å². The summed E-state index contributed by atoms with van der Waals surface area (Å²) in [6.07, 6.45) is 1.20. The molecule has 0 saturated heterocycles. The van der Waals surface area contributed by atoms with Crippen molar-refractivity contribution in [2.24, 2.45) is 5.73 Å². The van der Waals surface area contributed by atoms with Crippen molar-refractivity contribution >= 4 is 0 Å². The van der Waals surface area contributed by atoms with E-state index in [1.54, 1.807) is 0 Å². The third-order valence-corrected chi connectivity index (χ3v) is 3.31. The first-order chi connectivity index (χ1) is 9.01. The molecule has 19 heavy (non-hydrogen) atoms. The van der Waals surface area contributed by atoms with Crippen molar-refractivity contribution in [3.63, 3.8) is 0 Å². The molecule has 2 N–H and O–H groups in total. The molecule has 1 heterocycles. The van der Waals surface area contributed by atoms with Crippen LogP contribution in [0.3, 0.4) is 0 Å². The lowest BCUT2D eigenvalue weighted by Crippen LogP contribution is -2.36. The Hall–Kier alpha value is -1.82. The standard InChI is InChI=1S/C13H15F2N3O/c1-3-13(16,4-2)12-17-11(19-18-12)10-8(14)6-5-7-9(10)15/h5-7H,3-4,16H2,1-2H3. The monoisotopic (exact) mass is 267 g/mol. The number of halogens is 2. The minimum Gasteiger partial charge on any atom is -0.334 e. The predicted molar refractivity (Wildman–Crippen MR) is 66.1 cm³/mol. The number of nitrogens with zero attached hydrogens (tertiary/aromatic N) is 2. The highest BCUT2D eigenvalue weighted by atomic mass is 19.1. The van der Waals surface area contributed by atoms with Crippen LogP contribution in [0.15, 0.2) is 22.7 Å². The molecule has 0 unspecified atom stereocenters. The zero-order valence-corrected chi connectivity index (χ0v) is 10.8.